The quantitative estimate of drug-likeness (QED) is 0.773. The Balaban J connectivity index is 2.68. The van der Waals surface area contributed by atoms with Crippen molar-refractivity contribution >= 4 is 0 Å². The van der Waals surface area contributed by atoms with E-state index < -0.39 is 0 Å². The normalized spacial score (nSPS) is 10.2. The summed E-state index contributed by atoms with van der Waals surface area (Å²) in [4.78, 5) is 0. The Labute approximate surface area is 86.3 Å². The van der Waals surface area contributed by atoms with Crippen LogP contribution in [0.25, 0.3) is 0 Å². The fourth-order valence-corrected chi connectivity index (χ4v) is 1.46. The molecule has 14 heavy (non-hydrogen) atoms. The number of hydrogen-bond donors (Lipinski definition) is 1. The van der Waals surface area contributed by atoms with Gasteiger partial charge in [0.15, 0.2) is 0 Å². The van der Waals surface area contributed by atoms with E-state index in [1.165, 1.54) is 11.1 Å². The van der Waals surface area contributed by atoms with Crippen molar-refractivity contribution in [2.45, 2.75) is 20.3 Å². The molecule has 0 aliphatic carbocycles. The van der Waals surface area contributed by atoms with Gasteiger partial charge in [-0.1, -0.05) is 6.07 Å². The van der Waals surface area contributed by atoms with Gasteiger partial charge in [-0.05, 0) is 57.1 Å². The van der Waals surface area contributed by atoms with Crippen LogP contribution in [0.15, 0.2) is 18.2 Å². The number of benzene rings is 1. The van der Waals surface area contributed by atoms with Crippen molar-refractivity contribution in [1.82, 2.24) is 5.32 Å². The smallest absolute Gasteiger partial charge is 0.119 e. The fourth-order valence-electron chi connectivity index (χ4n) is 1.46. The Kier molecular flexibility index (Phi) is 4.47. The van der Waals surface area contributed by atoms with E-state index in [0.29, 0.717) is 0 Å². The Morgan fingerprint density at radius 1 is 1.36 bits per heavy atom. The topological polar surface area (TPSA) is 21.3 Å². The van der Waals surface area contributed by atoms with Gasteiger partial charge in [0.25, 0.3) is 0 Å². The summed E-state index contributed by atoms with van der Waals surface area (Å²) in [7, 11) is 1.98. The van der Waals surface area contributed by atoms with Gasteiger partial charge in [0.05, 0.1) is 6.61 Å². The van der Waals surface area contributed by atoms with Crippen molar-refractivity contribution in [2.75, 3.05) is 20.2 Å². The first-order valence-corrected chi connectivity index (χ1v) is 5.15. The lowest BCUT2D eigenvalue weighted by Gasteiger charge is -2.08. The molecule has 0 atom stereocenters. The highest BCUT2D eigenvalue weighted by Gasteiger charge is 1.99. The van der Waals surface area contributed by atoms with Gasteiger partial charge in [-0.2, -0.15) is 0 Å². The summed E-state index contributed by atoms with van der Waals surface area (Å²) in [5.74, 6) is 0.971. The first-order chi connectivity index (χ1) is 6.77. The molecule has 0 aliphatic heterocycles. The lowest BCUT2D eigenvalue weighted by Crippen LogP contribution is -2.11. The number of hydrogen-bond acceptors (Lipinski definition) is 2. The third-order valence-electron chi connectivity index (χ3n) is 2.27. The molecule has 0 saturated heterocycles. The van der Waals surface area contributed by atoms with Crippen LogP contribution in [0, 0.1) is 6.92 Å². The molecule has 2 heteroatoms. The van der Waals surface area contributed by atoms with E-state index in [2.05, 4.69) is 24.4 Å². The first kappa shape index (κ1) is 11.1. The van der Waals surface area contributed by atoms with Gasteiger partial charge in [-0.25, -0.2) is 0 Å². The third-order valence-corrected chi connectivity index (χ3v) is 2.27. The summed E-state index contributed by atoms with van der Waals surface area (Å²) in [6.07, 6.45) is 1.08. The number of rotatable bonds is 5. The molecule has 0 unspecified atom stereocenters. The number of likely N-dealkylation sites (N-methyl/N-ethyl adjacent to an activating group) is 1. The van der Waals surface area contributed by atoms with Gasteiger partial charge in [0.2, 0.25) is 0 Å². The highest BCUT2D eigenvalue weighted by molar-refractivity contribution is 5.34. The van der Waals surface area contributed by atoms with Crippen LogP contribution in [-0.4, -0.2) is 20.2 Å². The van der Waals surface area contributed by atoms with Gasteiger partial charge in [-0.3, -0.25) is 0 Å². The van der Waals surface area contributed by atoms with Gasteiger partial charge < -0.3 is 10.1 Å². The van der Waals surface area contributed by atoms with Crippen LogP contribution in [-0.2, 0) is 6.42 Å². The first-order valence-electron chi connectivity index (χ1n) is 5.15. The maximum atomic E-state index is 5.43. The summed E-state index contributed by atoms with van der Waals surface area (Å²) < 4.78 is 5.43. The molecule has 0 radical (unpaired) electrons. The van der Waals surface area contributed by atoms with Crippen LogP contribution < -0.4 is 10.1 Å². The van der Waals surface area contributed by atoms with E-state index in [4.69, 9.17) is 4.74 Å². The van der Waals surface area contributed by atoms with Crippen molar-refractivity contribution in [3.63, 3.8) is 0 Å². The standard InChI is InChI=1S/C12H19NO/c1-4-14-12-6-5-11(7-8-13-3)10(2)9-12/h5-6,9,13H,4,7-8H2,1-3H3. The molecular weight excluding hydrogens is 174 g/mol. The second-order valence-electron chi connectivity index (χ2n) is 3.37. The molecule has 0 bridgehead atoms. The summed E-state index contributed by atoms with van der Waals surface area (Å²) in [5, 5.41) is 3.15. The highest BCUT2D eigenvalue weighted by atomic mass is 16.5. The molecule has 1 rings (SSSR count). The van der Waals surface area contributed by atoms with Crippen molar-refractivity contribution in [3.8, 4) is 5.75 Å². The zero-order valence-electron chi connectivity index (χ0n) is 9.26. The van der Waals surface area contributed by atoms with Crippen LogP contribution in [0.2, 0.25) is 0 Å². The van der Waals surface area contributed by atoms with Gasteiger partial charge in [-0.15, -0.1) is 0 Å². The lowest BCUT2D eigenvalue weighted by atomic mass is 10.1. The van der Waals surface area contributed by atoms with Crippen molar-refractivity contribution in [3.05, 3.63) is 29.3 Å². The summed E-state index contributed by atoms with van der Waals surface area (Å²) in [6, 6.07) is 6.30. The Morgan fingerprint density at radius 2 is 2.14 bits per heavy atom. The molecule has 78 valence electrons. The highest BCUT2D eigenvalue weighted by Crippen LogP contribution is 2.17. The van der Waals surface area contributed by atoms with E-state index >= 15 is 0 Å². The van der Waals surface area contributed by atoms with E-state index in [1.807, 2.05) is 20.0 Å². The largest absolute Gasteiger partial charge is 0.494 e. The van der Waals surface area contributed by atoms with E-state index in [-0.39, 0.29) is 0 Å². The second kappa shape index (κ2) is 5.66. The van der Waals surface area contributed by atoms with Crippen LogP contribution in [0.3, 0.4) is 0 Å². The average molecular weight is 193 g/mol. The number of nitrogens with one attached hydrogen (secondary N) is 1. The zero-order chi connectivity index (χ0) is 10.4. The second-order valence-corrected chi connectivity index (χ2v) is 3.37. The molecule has 0 amide bonds. The maximum Gasteiger partial charge on any atom is 0.119 e. The Morgan fingerprint density at radius 3 is 2.71 bits per heavy atom. The molecule has 1 aromatic carbocycles. The SMILES string of the molecule is CCOc1ccc(CCNC)c(C)c1. The summed E-state index contributed by atoms with van der Waals surface area (Å²) in [5.41, 5.74) is 2.70. The predicted octanol–water partition coefficient (Wildman–Crippen LogP) is 2.16. The van der Waals surface area contributed by atoms with Crippen LogP contribution in [0.4, 0.5) is 0 Å². The van der Waals surface area contributed by atoms with Crippen molar-refractivity contribution in [2.24, 2.45) is 0 Å². The molecule has 1 aromatic rings. The molecule has 0 aliphatic rings. The Bertz CT molecular complexity index is 284. The summed E-state index contributed by atoms with van der Waals surface area (Å²) in [6.45, 7) is 5.89. The van der Waals surface area contributed by atoms with E-state index in [9.17, 15) is 0 Å². The monoisotopic (exact) mass is 193 g/mol. The molecule has 0 aromatic heterocycles. The van der Waals surface area contributed by atoms with Gasteiger partial charge in [0.1, 0.15) is 5.75 Å². The van der Waals surface area contributed by atoms with Crippen LogP contribution in [0.5, 0.6) is 5.75 Å². The Hall–Kier alpha value is -1.02. The number of aryl methyl sites for hydroxylation is 1. The van der Waals surface area contributed by atoms with Gasteiger partial charge >= 0.3 is 0 Å². The molecule has 2 nitrogen and oxygen atoms in total. The minimum absolute atomic E-state index is 0.731. The average Bonchev–Trinajstić information content (AvgIpc) is 2.17. The van der Waals surface area contributed by atoms with Gasteiger partial charge in [0, 0.05) is 0 Å². The fraction of sp³-hybridized carbons (Fsp3) is 0.500. The van der Waals surface area contributed by atoms with E-state index in [0.717, 1.165) is 25.3 Å². The molecule has 0 saturated carbocycles. The zero-order valence-corrected chi connectivity index (χ0v) is 9.26. The minimum atomic E-state index is 0.731. The van der Waals surface area contributed by atoms with Crippen LogP contribution in [0.1, 0.15) is 18.1 Å². The van der Waals surface area contributed by atoms with Crippen molar-refractivity contribution < 1.29 is 4.74 Å². The maximum absolute atomic E-state index is 5.43. The minimum Gasteiger partial charge on any atom is -0.494 e. The van der Waals surface area contributed by atoms with Crippen molar-refractivity contribution in [1.29, 1.82) is 0 Å². The molecule has 0 spiro atoms. The molecule has 1 N–H and O–H groups in total. The molecule has 0 fully saturated rings. The lowest BCUT2D eigenvalue weighted by molar-refractivity contribution is 0.340. The van der Waals surface area contributed by atoms with E-state index in [1.54, 1.807) is 0 Å². The van der Waals surface area contributed by atoms with Crippen LogP contribution >= 0.6 is 0 Å². The number of ether oxygens (including phenoxy) is 1. The predicted molar refractivity (Wildman–Crippen MR) is 60.0 cm³/mol. The third kappa shape index (κ3) is 3.04. The molecular formula is C12H19NO. The summed E-state index contributed by atoms with van der Waals surface area (Å²) >= 11 is 0. The molecule has 0 heterocycles.